The van der Waals surface area contributed by atoms with Gasteiger partial charge in [-0.2, -0.15) is 0 Å². The normalized spacial score (nSPS) is 11.8. The van der Waals surface area contributed by atoms with E-state index in [1.165, 1.54) is 6.92 Å². The van der Waals surface area contributed by atoms with Crippen LogP contribution in [0.15, 0.2) is 52.9 Å². The van der Waals surface area contributed by atoms with Crippen LogP contribution in [0.25, 0.3) is 11.0 Å². The molecule has 1 heterocycles. The van der Waals surface area contributed by atoms with Crippen molar-refractivity contribution in [1.29, 1.82) is 0 Å². The van der Waals surface area contributed by atoms with Gasteiger partial charge in [-0.25, -0.2) is 4.79 Å². The van der Waals surface area contributed by atoms with Crippen LogP contribution in [0.2, 0.25) is 0 Å². The molecule has 0 aliphatic rings. The first-order valence-electron chi connectivity index (χ1n) is 8.36. The highest BCUT2D eigenvalue weighted by molar-refractivity contribution is 5.93. The van der Waals surface area contributed by atoms with Crippen molar-refractivity contribution in [1.82, 2.24) is 5.32 Å². The molecule has 134 valence electrons. The van der Waals surface area contributed by atoms with E-state index >= 15 is 0 Å². The summed E-state index contributed by atoms with van der Waals surface area (Å²) in [4.78, 5) is 23.5. The van der Waals surface area contributed by atoms with Crippen molar-refractivity contribution in [3.05, 3.63) is 59.9 Å². The van der Waals surface area contributed by atoms with Crippen molar-refractivity contribution >= 4 is 34.3 Å². The Labute approximate surface area is 151 Å². The van der Waals surface area contributed by atoms with E-state index in [1.54, 1.807) is 12.1 Å². The summed E-state index contributed by atoms with van der Waals surface area (Å²) in [6.07, 6.45) is 0. The van der Waals surface area contributed by atoms with Gasteiger partial charge in [0.05, 0.1) is 6.04 Å². The van der Waals surface area contributed by atoms with Crippen LogP contribution in [0.1, 0.15) is 31.2 Å². The Balaban J connectivity index is 1.67. The topological polar surface area (TPSA) is 83.4 Å². The number of rotatable bonds is 4. The number of urea groups is 1. The molecule has 3 rings (SSSR count). The van der Waals surface area contributed by atoms with Crippen LogP contribution in [-0.2, 0) is 4.79 Å². The highest BCUT2D eigenvalue weighted by Crippen LogP contribution is 2.24. The molecular weight excluding hydrogens is 330 g/mol. The van der Waals surface area contributed by atoms with Gasteiger partial charge >= 0.3 is 6.03 Å². The number of hydrogen-bond donors (Lipinski definition) is 3. The van der Waals surface area contributed by atoms with E-state index in [1.807, 2.05) is 50.2 Å². The molecule has 2 aromatic carbocycles. The molecule has 0 radical (unpaired) electrons. The molecule has 0 saturated carbocycles. The number of carbonyl (C=O) groups is 2. The fourth-order valence-corrected chi connectivity index (χ4v) is 2.67. The summed E-state index contributed by atoms with van der Waals surface area (Å²) < 4.78 is 5.77. The summed E-state index contributed by atoms with van der Waals surface area (Å²) in [6, 6.07) is 14.3. The van der Waals surface area contributed by atoms with E-state index < -0.39 is 0 Å². The van der Waals surface area contributed by atoms with Crippen LogP contribution >= 0.6 is 0 Å². The Morgan fingerprint density at radius 1 is 1.04 bits per heavy atom. The number of para-hydroxylation sites is 1. The number of fused-ring (bicyclic) bond motifs is 1. The van der Waals surface area contributed by atoms with Crippen LogP contribution in [0, 0.1) is 6.92 Å². The van der Waals surface area contributed by atoms with Gasteiger partial charge in [-0.3, -0.25) is 4.79 Å². The molecule has 0 bridgehead atoms. The van der Waals surface area contributed by atoms with Crippen LogP contribution in [0.3, 0.4) is 0 Å². The lowest BCUT2D eigenvalue weighted by atomic mass is 10.2. The van der Waals surface area contributed by atoms with Gasteiger partial charge in [-0.15, -0.1) is 0 Å². The summed E-state index contributed by atoms with van der Waals surface area (Å²) in [5.41, 5.74) is 2.96. The molecule has 0 aliphatic carbocycles. The zero-order chi connectivity index (χ0) is 18.7. The van der Waals surface area contributed by atoms with E-state index in [4.69, 9.17) is 4.42 Å². The predicted molar refractivity (Wildman–Crippen MR) is 102 cm³/mol. The largest absolute Gasteiger partial charge is 0.459 e. The Hall–Kier alpha value is -3.28. The maximum atomic E-state index is 12.3. The molecule has 0 spiro atoms. The number of furan rings is 1. The number of carbonyl (C=O) groups excluding carboxylic acids is 2. The Morgan fingerprint density at radius 3 is 2.54 bits per heavy atom. The van der Waals surface area contributed by atoms with Crippen LogP contribution in [0.5, 0.6) is 0 Å². The van der Waals surface area contributed by atoms with E-state index in [2.05, 4.69) is 16.0 Å². The highest BCUT2D eigenvalue weighted by Gasteiger charge is 2.14. The van der Waals surface area contributed by atoms with Crippen molar-refractivity contribution in [2.45, 2.75) is 26.8 Å². The maximum absolute atomic E-state index is 12.3. The molecule has 3 aromatic rings. The lowest BCUT2D eigenvalue weighted by Gasteiger charge is -2.14. The van der Waals surface area contributed by atoms with Crippen LogP contribution in [0.4, 0.5) is 16.2 Å². The number of hydrogen-bond acceptors (Lipinski definition) is 3. The van der Waals surface area contributed by atoms with Gasteiger partial charge in [0.15, 0.2) is 0 Å². The second-order valence-electron chi connectivity index (χ2n) is 6.22. The van der Waals surface area contributed by atoms with Crippen molar-refractivity contribution in [3.63, 3.8) is 0 Å². The Bertz CT molecular complexity index is 929. The minimum Gasteiger partial charge on any atom is -0.459 e. The van der Waals surface area contributed by atoms with Gasteiger partial charge in [0.25, 0.3) is 0 Å². The van der Waals surface area contributed by atoms with Gasteiger partial charge in [0, 0.05) is 23.7 Å². The monoisotopic (exact) mass is 351 g/mol. The standard InChI is InChI=1S/C20H21N3O3/c1-12-8-9-16(11-17(12)22-14(3)24)23-20(25)21-13(2)19-10-15-6-4-5-7-18(15)26-19/h4-11,13H,1-3H3,(H,22,24)(H2,21,23,25). The van der Waals surface area contributed by atoms with Gasteiger partial charge in [-0.1, -0.05) is 24.3 Å². The number of benzene rings is 2. The minimum atomic E-state index is -0.351. The van der Waals surface area contributed by atoms with Gasteiger partial charge in [-0.05, 0) is 43.7 Å². The van der Waals surface area contributed by atoms with Gasteiger partial charge in [0.2, 0.25) is 5.91 Å². The minimum absolute atomic E-state index is 0.159. The molecule has 3 amide bonds. The molecule has 26 heavy (non-hydrogen) atoms. The third-order valence-corrected chi connectivity index (χ3v) is 4.03. The average molecular weight is 351 g/mol. The molecule has 6 nitrogen and oxygen atoms in total. The smallest absolute Gasteiger partial charge is 0.319 e. The molecule has 1 aromatic heterocycles. The number of anilines is 2. The van der Waals surface area contributed by atoms with Crippen LogP contribution < -0.4 is 16.0 Å². The molecular formula is C20H21N3O3. The van der Waals surface area contributed by atoms with E-state index in [9.17, 15) is 9.59 Å². The van der Waals surface area contributed by atoms with E-state index in [-0.39, 0.29) is 18.0 Å². The van der Waals surface area contributed by atoms with E-state index in [0.717, 1.165) is 16.5 Å². The second-order valence-corrected chi connectivity index (χ2v) is 6.22. The fraction of sp³-hybridized carbons (Fsp3) is 0.200. The summed E-state index contributed by atoms with van der Waals surface area (Å²) in [5, 5.41) is 9.36. The Morgan fingerprint density at radius 2 is 1.81 bits per heavy atom. The second kappa shape index (κ2) is 7.31. The maximum Gasteiger partial charge on any atom is 0.319 e. The third-order valence-electron chi connectivity index (χ3n) is 4.03. The lowest BCUT2D eigenvalue weighted by Crippen LogP contribution is -2.31. The first-order chi connectivity index (χ1) is 12.4. The third kappa shape index (κ3) is 4.03. The van der Waals surface area contributed by atoms with Gasteiger partial charge < -0.3 is 20.4 Å². The van der Waals surface area contributed by atoms with Crippen molar-refractivity contribution < 1.29 is 14.0 Å². The predicted octanol–water partition coefficient (Wildman–Crippen LogP) is 4.58. The molecule has 6 heteroatoms. The highest BCUT2D eigenvalue weighted by atomic mass is 16.3. The van der Waals surface area contributed by atoms with Crippen molar-refractivity contribution in [2.24, 2.45) is 0 Å². The van der Waals surface area contributed by atoms with E-state index in [0.29, 0.717) is 17.1 Å². The molecule has 0 fully saturated rings. The molecule has 1 atom stereocenters. The quantitative estimate of drug-likeness (QED) is 0.643. The van der Waals surface area contributed by atoms with Crippen molar-refractivity contribution in [3.8, 4) is 0 Å². The summed E-state index contributed by atoms with van der Waals surface area (Å²) in [6.45, 7) is 5.19. The zero-order valence-electron chi connectivity index (χ0n) is 14.9. The van der Waals surface area contributed by atoms with Gasteiger partial charge in [0.1, 0.15) is 11.3 Å². The number of amides is 3. The van der Waals surface area contributed by atoms with Crippen LogP contribution in [-0.4, -0.2) is 11.9 Å². The number of aryl methyl sites for hydroxylation is 1. The first-order valence-corrected chi connectivity index (χ1v) is 8.36. The van der Waals surface area contributed by atoms with Crippen molar-refractivity contribution in [2.75, 3.05) is 10.6 Å². The molecule has 3 N–H and O–H groups in total. The number of nitrogens with one attached hydrogen (secondary N) is 3. The first kappa shape index (κ1) is 17.5. The summed E-state index contributed by atoms with van der Waals surface area (Å²) in [7, 11) is 0. The zero-order valence-corrected chi connectivity index (χ0v) is 14.9. The lowest BCUT2D eigenvalue weighted by molar-refractivity contribution is -0.114. The Kier molecular flexibility index (Phi) is 4.93. The average Bonchev–Trinajstić information content (AvgIpc) is 3.01. The fourth-order valence-electron chi connectivity index (χ4n) is 2.67. The SMILES string of the molecule is CC(=O)Nc1cc(NC(=O)NC(C)c2cc3ccccc3o2)ccc1C. The molecule has 1 unspecified atom stereocenters. The molecule has 0 aliphatic heterocycles. The summed E-state index contributed by atoms with van der Waals surface area (Å²) in [5.74, 6) is 0.525. The summed E-state index contributed by atoms with van der Waals surface area (Å²) >= 11 is 0. The molecule has 0 saturated heterocycles.